The lowest BCUT2D eigenvalue weighted by Gasteiger charge is -2.34. The molecule has 29 heavy (non-hydrogen) atoms. The number of halogens is 12. The molecule has 0 spiro atoms. The Morgan fingerprint density at radius 3 is 1.28 bits per heavy atom. The standard InChI is InChI=1S/C10H10F12O7/c11-5(12,26)6(13,14)28-9(19,20)10(21,22)29-8(17,18)7(15,16)27-2-4(25)3(24)1-23/h3-4,23-26H,1-2H2. The van der Waals surface area contributed by atoms with Crippen LogP contribution in [-0.2, 0) is 14.2 Å². The maximum absolute atomic E-state index is 13.1. The molecule has 0 saturated carbocycles. The van der Waals surface area contributed by atoms with Gasteiger partial charge in [-0.05, 0) is 0 Å². The van der Waals surface area contributed by atoms with Crippen LogP contribution in [0.4, 0.5) is 52.7 Å². The van der Waals surface area contributed by atoms with Crippen LogP contribution in [0.1, 0.15) is 0 Å². The van der Waals surface area contributed by atoms with E-state index in [9.17, 15) is 52.7 Å². The number of hydrogen-bond acceptors (Lipinski definition) is 7. The third kappa shape index (κ3) is 6.69. The van der Waals surface area contributed by atoms with Gasteiger partial charge in [-0.1, -0.05) is 0 Å². The fourth-order valence-electron chi connectivity index (χ4n) is 1.07. The first-order valence-electron chi connectivity index (χ1n) is 6.53. The van der Waals surface area contributed by atoms with Gasteiger partial charge >= 0.3 is 36.7 Å². The van der Waals surface area contributed by atoms with Crippen molar-refractivity contribution in [2.24, 2.45) is 0 Å². The lowest BCUT2D eigenvalue weighted by molar-refractivity contribution is -0.562. The minimum atomic E-state index is -7.15. The van der Waals surface area contributed by atoms with Crippen LogP contribution >= 0.6 is 0 Å². The Kier molecular flexibility index (Phi) is 8.22. The third-order valence-corrected chi connectivity index (χ3v) is 2.61. The summed E-state index contributed by atoms with van der Waals surface area (Å²) >= 11 is 0. The Bertz CT molecular complexity index is 538. The molecule has 2 unspecified atom stereocenters. The van der Waals surface area contributed by atoms with Crippen molar-refractivity contribution < 1.29 is 87.3 Å². The van der Waals surface area contributed by atoms with Crippen LogP contribution in [0, 0.1) is 0 Å². The Hall–Kier alpha value is -1.12. The van der Waals surface area contributed by atoms with Crippen LogP contribution in [0.15, 0.2) is 0 Å². The molecule has 0 heterocycles. The zero-order valence-electron chi connectivity index (χ0n) is 13.1. The van der Waals surface area contributed by atoms with Crippen LogP contribution in [0.25, 0.3) is 0 Å². The summed E-state index contributed by atoms with van der Waals surface area (Å²) in [6.07, 6.45) is -45.6. The summed E-state index contributed by atoms with van der Waals surface area (Å²) in [6, 6.07) is 0. The van der Waals surface area contributed by atoms with Crippen molar-refractivity contribution in [2.75, 3.05) is 13.2 Å². The molecule has 4 N–H and O–H groups in total. The van der Waals surface area contributed by atoms with E-state index in [1.54, 1.807) is 9.47 Å². The Balaban J connectivity index is 5.44. The Labute approximate surface area is 151 Å². The van der Waals surface area contributed by atoms with E-state index in [-0.39, 0.29) is 0 Å². The van der Waals surface area contributed by atoms with E-state index in [0.29, 0.717) is 0 Å². The van der Waals surface area contributed by atoms with Crippen LogP contribution in [-0.4, -0.2) is 82.5 Å². The van der Waals surface area contributed by atoms with E-state index in [4.69, 9.17) is 20.4 Å². The molecule has 0 aromatic rings. The minimum Gasteiger partial charge on any atom is -0.394 e. The first-order chi connectivity index (χ1) is 12.5. The molecule has 0 aliphatic rings. The maximum atomic E-state index is 13.1. The molecule has 0 aromatic heterocycles. The van der Waals surface area contributed by atoms with E-state index in [2.05, 4.69) is 4.74 Å². The predicted molar refractivity (Wildman–Crippen MR) is 59.1 cm³/mol. The quantitative estimate of drug-likeness (QED) is 0.319. The highest BCUT2D eigenvalue weighted by atomic mass is 19.4. The number of aliphatic hydroxyl groups is 4. The van der Waals surface area contributed by atoms with E-state index in [0.717, 1.165) is 0 Å². The minimum absolute atomic E-state index is 1.33. The van der Waals surface area contributed by atoms with Crippen molar-refractivity contribution in [1.82, 2.24) is 0 Å². The largest absolute Gasteiger partial charge is 0.453 e. The normalized spacial score (nSPS) is 17.4. The molecule has 0 aromatic carbocycles. The second-order valence-corrected chi connectivity index (χ2v) is 4.96. The fraction of sp³-hybridized carbons (Fsp3) is 1.00. The van der Waals surface area contributed by atoms with Crippen molar-refractivity contribution in [3.8, 4) is 0 Å². The number of ether oxygens (including phenoxy) is 3. The average Bonchev–Trinajstić information content (AvgIpc) is 2.48. The van der Waals surface area contributed by atoms with Gasteiger partial charge in [0.1, 0.15) is 12.2 Å². The Morgan fingerprint density at radius 2 is 0.931 bits per heavy atom. The predicted octanol–water partition coefficient (Wildman–Crippen LogP) is 1.30. The van der Waals surface area contributed by atoms with E-state index in [1.807, 2.05) is 0 Å². The van der Waals surface area contributed by atoms with Gasteiger partial charge in [-0.15, -0.1) is 0 Å². The highest BCUT2D eigenvalue weighted by molar-refractivity contribution is 4.78. The molecule has 0 aliphatic carbocycles. The molecule has 7 nitrogen and oxygen atoms in total. The topological polar surface area (TPSA) is 109 Å². The zero-order valence-corrected chi connectivity index (χ0v) is 13.1. The summed E-state index contributed by atoms with van der Waals surface area (Å²) in [7, 11) is 0. The first-order valence-corrected chi connectivity index (χ1v) is 6.53. The van der Waals surface area contributed by atoms with Crippen molar-refractivity contribution in [3.63, 3.8) is 0 Å². The van der Waals surface area contributed by atoms with Gasteiger partial charge in [0.2, 0.25) is 0 Å². The second-order valence-electron chi connectivity index (χ2n) is 4.96. The fourth-order valence-corrected chi connectivity index (χ4v) is 1.07. The van der Waals surface area contributed by atoms with E-state index in [1.165, 1.54) is 0 Å². The average molecular weight is 470 g/mol. The van der Waals surface area contributed by atoms with Crippen LogP contribution in [0.3, 0.4) is 0 Å². The van der Waals surface area contributed by atoms with Gasteiger partial charge in [0.15, 0.2) is 0 Å². The van der Waals surface area contributed by atoms with E-state index < -0.39 is 62.1 Å². The lowest BCUT2D eigenvalue weighted by atomic mass is 10.2. The van der Waals surface area contributed by atoms with Crippen molar-refractivity contribution in [3.05, 3.63) is 0 Å². The first kappa shape index (κ1) is 27.9. The monoisotopic (exact) mass is 470 g/mol. The molecule has 2 atom stereocenters. The maximum Gasteiger partial charge on any atom is 0.453 e. The molecule has 176 valence electrons. The smallest absolute Gasteiger partial charge is 0.394 e. The summed E-state index contributed by atoms with van der Waals surface area (Å²) in [6.45, 7) is -3.35. The molecule has 0 bridgehead atoms. The summed E-state index contributed by atoms with van der Waals surface area (Å²) < 4.78 is 159. The molecule has 0 aliphatic heterocycles. The number of alkyl halides is 12. The van der Waals surface area contributed by atoms with Crippen molar-refractivity contribution in [1.29, 1.82) is 0 Å². The summed E-state index contributed by atoms with van der Waals surface area (Å²) in [4.78, 5) is 0. The molecule has 19 heteroatoms. The number of aliphatic hydroxyl groups excluding tert-OH is 3. The molecule has 0 radical (unpaired) electrons. The van der Waals surface area contributed by atoms with Crippen molar-refractivity contribution >= 4 is 0 Å². The summed E-state index contributed by atoms with van der Waals surface area (Å²) in [5.41, 5.74) is 0. The van der Waals surface area contributed by atoms with Gasteiger partial charge in [0, 0.05) is 0 Å². The van der Waals surface area contributed by atoms with Crippen LogP contribution < -0.4 is 0 Å². The molecular weight excluding hydrogens is 460 g/mol. The van der Waals surface area contributed by atoms with Gasteiger partial charge in [-0.25, -0.2) is 9.47 Å². The van der Waals surface area contributed by atoms with Gasteiger partial charge in [0.05, 0.1) is 13.2 Å². The second kappa shape index (κ2) is 8.55. The molecule has 0 rings (SSSR count). The van der Waals surface area contributed by atoms with Crippen LogP contribution in [0.2, 0.25) is 0 Å². The summed E-state index contributed by atoms with van der Waals surface area (Å²) in [5.74, 6) is 0. The van der Waals surface area contributed by atoms with Crippen molar-refractivity contribution in [2.45, 2.75) is 48.9 Å². The van der Waals surface area contributed by atoms with Gasteiger partial charge in [-0.2, -0.15) is 52.7 Å². The molecule has 0 amide bonds. The lowest BCUT2D eigenvalue weighted by Crippen LogP contribution is -2.58. The zero-order chi connectivity index (χ0) is 23.7. The molecule has 0 saturated heterocycles. The van der Waals surface area contributed by atoms with Gasteiger partial charge in [-0.3, -0.25) is 0 Å². The van der Waals surface area contributed by atoms with Crippen LogP contribution in [0.5, 0.6) is 0 Å². The summed E-state index contributed by atoms with van der Waals surface area (Å²) in [5, 5.41) is 33.5. The molecule has 0 fully saturated rings. The van der Waals surface area contributed by atoms with E-state index >= 15 is 0 Å². The number of hydrogen-bond donors (Lipinski definition) is 4. The SMILES string of the molecule is OCC(O)C(O)COC(F)(F)C(F)(F)OC(F)(F)C(F)(F)OC(F)(F)C(O)(F)F. The highest BCUT2D eigenvalue weighted by Crippen LogP contribution is 2.48. The molecular formula is C10H10F12O7. The number of rotatable bonds is 12. The van der Waals surface area contributed by atoms with Gasteiger partial charge < -0.3 is 25.2 Å². The third-order valence-electron chi connectivity index (χ3n) is 2.61. The van der Waals surface area contributed by atoms with Gasteiger partial charge in [0.25, 0.3) is 0 Å². The Morgan fingerprint density at radius 1 is 0.586 bits per heavy atom. The highest BCUT2D eigenvalue weighted by Gasteiger charge is 2.75.